The first-order valence-corrected chi connectivity index (χ1v) is 10.2. The van der Waals surface area contributed by atoms with Gasteiger partial charge in [0.25, 0.3) is 0 Å². The third-order valence-corrected chi connectivity index (χ3v) is 5.31. The number of piperidine rings is 1. The van der Waals surface area contributed by atoms with Crippen LogP contribution in [0.3, 0.4) is 0 Å². The van der Waals surface area contributed by atoms with Gasteiger partial charge >= 0.3 is 6.03 Å². The summed E-state index contributed by atoms with van der Waals surface area (Å²) >= 11 is 0. The molecule has 0 unspecified atom stereocenters. The molecule has 31 heavy (non-hydrogen) atoms. The molecule has 0 radical (unpaired) electrons. The maximum Gasteiger partial charge on any atom is 0.323 e. The third kappa shape index (κ3) is 4.96. The van der Waals surface area contributed by atoms with Crippen molar-refractivity contribution in [2.45, 2.75) is 31.8 Å². The minimum atomic E-state index is -0.773. The molecule has 3 aromatic rings. The van der Waals surface area contributed by atoms with Crippen molar-refractivity contribution in [3.8, 4) is 11.5 Å². The first kappa shape index (κ1) is 21.1. The molecule has 3 aromatic heterocycles. The molecule has 4 rings (SSSR count). The van der Waals surface area contributed by atoms with E-state index in [4.69, 9.17) is 4.42 Å². The molecule has 1 aliphatic heterocycles. The molecule has 1 saturated heterocycles. The Morgan fingerprint density at radius 2 is 2.00 bits per heavy atom. The Kier molecular flexibility index (Phi) is 6.36. The number of nitrogens with one attached hydrogen (secondary N) is 2. The van der Waals surface area contributed by atoms with E-state index in [9.17, 15) is 13.6 Å². The van der Waals surface area contributed by atoms with Crippen molar-refractivity contribution in [3.63, 3.8) is 0 Å². The Bertz CT molecular complexity index is 1050. The number of alkyl halides is 2. The van der Waals surface area contributed by atoms with Crippen LogP contribution in [0.1, 0.15) is 18.7 Å². The SMILES string of the molecule is Cc1ncc(-c2ccc3cnc(NC(=O)N4CCC(NC(CF)CF)CC4)cc3n2)o1. The smallest absolute Gasteiger partial charge is 0.323 e. The van der Waals surface area contributed by atoms with Gasteiger partial charge in [0.2, 0.25) is 0 Å². The van der Waals surface area contributed by atoms with Gasteiger partial charge in [-0.25, -0.2) is 28.5 Å². The summed E-state index contributed by atoms with van der Waals surface area (Å²) in [5.41, 5.74) is 1.31. The summed E-state index contributed by atoms with van der Waals surface area (Å²) in [6, 6.07) is 4.39. The summed E-state index contributed by atoms with van der Waals surface area (Å²) in [6.07, 6.45) is 4.54. The highest BCUT2D eigenvalue weighted by molar-refractivity contribution is 5.91. The Morgan fingerprint density at radius 1 is 1.23 bits per heavy atom. The summed E-state index contributed by atoms with van der Waals surface area (Å²) in [5, 5.41) is 6.60. The number of amides is 2. The van der Waals surface area contributed by atoms with Gasteiger partial charge in [0.15, 0.2) is 11.7 Å². The molecule has 4 heterocycles. The number of hydrogen-bond donors (Lipinski definition) is 2. The second-order valence-electron chi connectivity index (χ2n) is 7.57. The summed E-state index contributed by atoms with van der Waals surface area (Å²) in [4.78, 5) is 27.3. The van der Waals surface area contributed by atoms with Gasteiger partial charge in [-0.15, -0.1) is 0 Å². The zero-order valence-corrected chi connectivity index (χ0v) is 17.1. The predicted molar refractivity (Wildman–Crippen MR) is 112 cm³/mol. The molecule has 164 valence electrons. The van der Waals surface area contributed by atoms with Crippen LogP contribution >= 0.6 is 0 Å². The standard InChI is InChI=1S/C21H24F2N6O2/c1-13-24-12-19(31-13)17-3-2-14-11-25-20(8-18(14)27-17)28-21(30)29-6-4-15(5-7-29)26-16(9-22)10-23/h2-3,8,11-12,15-16,26H,4-7,9-10H2,1H3,(H,25,28,30). The van der Waals surface area contributed by atoms with Gasteiger partial charge in [-0.2, -0.15) is 0 Å². The Hall–Kier alpha value is -3.14. The monoisotopic (exact) mass is 430 g/mol. The molecule has 0 atom stereocenters. The van der Waals surface area contributed by atoms with Gasteiger partial charge in [-0.3, -0.25) is 5.32 Å². The van der Waals surface area contributed by atoms with Crippen molar-refractivity contribution in [1.29, 1.82) is 0 Å². The summed E-state index contributed by atoms with van der Waals surface area (Å²) in [5.74, 6) is 1.52. The molecular weight excluding hydrogens is 406 g/mol. The first-order valence-electron chi connectivity index (χ1n) is 10.2. The number of fused-ring (bicyclic) bond motifs is 1. The quantitative estimate of drug-likeness (QED) is 0.622. The Balaban J connectivity index is 1.39. The Labute approximate surface area is 178 Å². The first-order chi connectivity index (χ1) is 15.1. The zero-order chi connectivity index (χ0) is 21.8. The van der Waals surface area contributed by atoms with E-state index in [0.29, 0.717) is 54.6 Å². The maximum absolute atomic E-state index is 12.7. The molecule has 2 N–H and O–H groups in total. The lowest BCUT2D eigenvalue weighted by Crippen LogP contribution is -2.49. The number of urea groups is 1. The van der Waals surface area contributed by atoms with Crippen molar-refractivity contribution < 1.29 is 18.0 Å². The fourth-order valence-electron chi connectivity index (χ4n) is 3.60. The van der Waals surface area contributed by atoms with Crippen LogP contribution in [0.5, 0.6) is 0 Å². The molecule has 0 saturated carbocycles. The molecule has 2 amide bonds. The number of likely N-dealkylation sites (tertiary alicyclic amines) is 1. The average Bonchev–Trinajstić information content (AvgIpc) is 3.23. The van der Waals surface area contributed by atoms with Gasteiger partial charge in [-0.1, -0.05) is 0 Å². The van der Waals surface area contributed by atoms with Crippen molar-refractivity contribution in [2.24, 2.45) is 0 Å². The molecule has 10 heteroatoms. The van der Waals surface area contributed by atoms with Crippen molar-refractivity contribution in [1.82, 2.24) is 25.2 Å². The average molecular weight is 430 g/mol. The van der Waals surface area contributed by atoms with Crippen LogP contribution in [0.25, 0.3) is 22.4 Å². The fourth-order valence-corrected chi connectivity index (χ4v) is 3.60. The van der Waals surface area contributed by atoms with Gasteiger partial charge in [0.1, 0.15) is 24.9 Å². The second-order valence-corrected chi connectivity index (χ2v) is 7.57. The van der Waals surface area contributed by atoms with Crippen LogP contribution in [-0.4, -0.2) is 64.4 Å². The van der Waals surface area contributed by atoms with Gasteiger partial charge in [-0.05, 0) is 25.0 Å². The maximum atomic E-state index is 12.7. The lowest BCUT2D eigenvalue weighted by atomic mass is 10.0. The highest BCUT2D eigenvalue weighted by Crippen LogP contribution is 2.23. The molecule has 0 spiro atoms. The third-order valence-electron chi connectivity index (χ3n) is 5.31. The molecule has 0 bridgehead atoms. The van der Waals surface area contributed by atoms with Crippen LogP contribution in [0.2, 0.25) is 0 Å². The summed E-state index contributed by atoms with van der Waals surface area (Å²) in [6.45, 7) is 1.28. The van der Waals surface area contributed by atoms with Crippen LogP contribution in [-0.2, 0) is 0 Å². The minimum absolute atomic E-state index is 0.00157. The zero-order valence-electron chi connectivity index (χ0n) is 17.1. The molecule has 8 nitrogen and oxygen atoms in total. The van der Waals surface area contributed by atoms with E-state index in [1.807, 2.05) is 12.1 Å². The van der Waals surface area contributed by atoms with Gasteiger partial charge in [0.05, 0.1) is 17.8 Å². The Morgan fingerprint density at radius 3 is 2.68 bits per heavy atom. The lowest BCUT2D eigenvalue weighted by Gasteiger charge is -2.33. The van der Waals surface area contributed by atoms with Gasteiger partial charge < -0.3 is 14.6 Å². The molecular formula is C21H24F2N6O2. The predicted octanol–water partition coefficient (Wildman–Crippen LogP) is 3.49. The van der Waals surface area contributed by atoms with E-state index in [-0.39, 0.29) is 12.1 Å². The van der Waals surface area contributed by atoms with E-state index < -0.39 is 19.4 Å². The number of pyridine rings is 2. The topological polar surface area (TPSA) is 96.2 Å². The highest BCUT2D eigenvalue weighted by Gasteiger charge is 2.25. The van der Waals surface area contributed by atoms with E-state index in [1.54, 1.807) is 30.3 Å². The van der Waals surface area contributed by atoms with Gasteiger partial charge in [0, 0.05) is 43.7 Å². The number of anilines is 1. The van der Waals surface area contributed by atoms with E-state index in [2.05, 4.69) is 25.6 Å². The number of carbonyl (C=O) groups is 1. The van der Waals surface area contributed by atoms with Crippen LogP contribution in [0.15, 0.2) is 35.0 Å². The van der Waals surface area contributed by atoms with Crippen LogP contribution in [0.4, 0.5) is 19.4 Å². The fraction of sp³-hybridized carbons (Fsp3) is 0.429. The van der Waals surface area contributed by atoms with Crippen molar-refractivity contribution >= 4 is 22.8 Å². The lowest BCUT2D eigenvalue weighted by molar-refractivity contribution is 0.179. The number of oxazole rings is 1. The highest BCUT2D eigenvalue weighted by atomic mass is 19.1. The number of carbonyl (C=O) groups excluding carboxylic acids is 1. The summed E-state index contributed by atoms with van der Waals surface area (Å²) < 4.78 is 30.9. The van der Waals surface area contributed by atoms with E-state index in [0.717, 1.165) is 5.39 Å². The molecule has 1 fully saturated rings. The van der Waals surface area contributed by atoms with Crippen LogP contribution in [0, 0.1) is 6.92 Å². The van der Waals surface area contributed by atoms with E-state index in [1.165, 1.54) is 0 Å². The molecule has 0 aliphatic carbocycles. The number of hydrogen-bond acceptors (Lipinski definition) is 6. The number of aromatic nitrogens is 3. The van der Waals surface area contributed by atoms with E-state index >= 15 is 0 Å². The summed E-state index contributed by atoms with van der Waals surface area (Å²) in [7, 11) is 0. The van der Waals surface area contributed by atoms with Crippen molar-refractivity contribution in [2.75, 3.05) is 31.8 Å². The molecule has 0 aromatic carbocycles. The number of rotatable bonds is 6. The normalized spacial score (nSPS) is 15.0. The molecule has 1 aliphatic rings. The second kappa shape index (κ2) is 9.34. The number of aryl methyl sites for hydroxylation is 1. The largest absolute Gasteiger partial charge is 0.439 e. The van der Waals surface area contributed by atoms with Crippen LogP contribution < -0.4 is 10.6 Å². The van der Waals surface area contributed by atoms with Crippen molar-refractivity contribution in [3.05, 3.63) is 36.5 Å². The number of nitrogens with zero attached hydrogens (tertiary/aromatic N) is 4. The number of halogens is 2. The minimum Gasteiger partial charge on any atom is -0.439 e.